The van der Waals surface area contributed by atoms with E-state index in [0.717, 1.165) is 11.3 Å². The number of hydrogen-bond donors (Lipinski definition) is 2. The van der Waals surface area contributed by atoms with E-state index in [1.807, 2.05) is 30.3 Å². The highest BCUT2D eigenvalue weighted by Gasteiger charge is 2.07. The van der Waals surface area contributed by atoms with Gasteiger partial charge in [-0.3, -0.25) is 14.8 Å². The second-order valence-electron chi connectivity index (χ2n) is 5.78. The molecule has 126 valence electrons. The van der Waals surface area contributed by atoms with Crippen LogP contribution in [0.3, 0.4) is 0 Å². The van der Waals surface area contributed by atoms with Crippen LogP contribution in [0.5, 0.6) is 0 Å². The van der Waals surface area contributed by atoms with Crippen molar-refractivity contribution < 1.29 is 4.79 Å². The highest BCUT2D eigenvalue weighted by molar-refractivity contribution is 5.94. The summed E-state index contributed by atoms with van der Waals surface area (Å²) >= 11 is 0. The molecule has 0 fully saturated rings. The zero-order valence-corrected chi connectivity index (χ0v) is 14.1. The molecule has 5 heteroatoms. The summed E-state index contributed by atoms with van der Waals surface area (Å²) < 4.78 is 0. The van der Waals surface area contributed by atoms with E-state index < -0.39 is 0 Å². The molecule has 2 heterocycles. The number of nitrogens with zero attached hydrogens (tertiary/aromatic N) is 2. The minimum absolute atomic E-state index is 0.149. The number of benzene rings is 1. The van der Waals surface area contributed by atoms with E-state index in [2.05, 4.69) is 39.7 Å². The number of anilines is 1. The number of hydrogen-bond acceptors (Lipinski definition) is 4. The predicted octanol–water partition coefficient (Wildman–Crippen LogP) is 3.33. The molecule has 0 aliphatic heterocycles. The van der Waals surface area contributed by atoms with Crippen LogP contribution < -0.4 is 10.6 Å². The van der Waals surface area contributed by atoms with Crippen molar-refractivity contribution in [1.82, 2.24) is 15.3 Å². The molecule has 0 atom stereocenters. The van der Waals surface area contributed by atoms with E-state index in [4.69, 9.17) is 0 Å². The fourth-order valence-corrected chi connectivity index (χ4v) is 2.45. The number of aromatic nitrogens is 2. The normalized spacial score (nSPS) is 10.3. The van der Waals surface area contributed by atoms with Gasteiger partial charge in [0.25, 0.3) is 5.91 Å². The Hall–Kier alpha value is -3.21. The Kier molecular flexibility index (Phi) is 5.36. The maximum Gasteiger partial charge on any atom is 0.253 e. The Morgan fingerprint density at radius 2 is 1.80 bits per heavy atom. The van der Waals surface area contributed by atoms with Crippen LogP contribution in [0.2, 0.25) is 0 Å². The minimum atomic E-state index is -0.149. The van der Waals surface area contributed by atoms with Gasteiger partial charge in [-0.15, -0.1) is 0 Å². The Morgan fingerprint density at radius 1 is 1.00 bits per heavy atom. The van der Waals surface area contributed by atoms with Gasteiger partial charge in [0.1, 0.15) is 0 Å². The molecule has 0 unspecified atom stereocenters. The number of rotatable bonds is 6. The number of pyridine rings is 2. The molecule has 1 aromatic carbocycles. The minimum Gasteiger partial charge on any atom is -0.380 e. The van der Waals surface area contributed by atoms with E-state index in [-0.39, 0.29) is 5.91 Å². The zero-order valence-electron chi connectivity index (χ0n) is 14.1. The maximum atomic E-state index is 12.3. The van der Waals surface area contributed by atoms with Crippen LogP contribution in [0.4, 0.5) is 5.69 Å². The van der Waals surface area contributed by atoms with E-state index in [9.17, 15) is 4.79 Å². The van der Waals surface area contributed by atoms with Gasteiger partial charge < -0.3 is 10.6 Å². The predicted molar refractivity (Wildman–Crippen MR) is 98.1 cm³/mol. The average molecular weight is 332 g/mol. The highest BCUT2D eigenvalue weighted by atomic mass is 16.1. The summed E-state index contributed by atoms with van der Waals surface area (Å²) in [6, 6.07) is 13.8. The van der Waals surface area contributed by atoms with Crippen molar-refractivity contribution in [1.29, 1.82) is 0 Å². The maximum absolute atomic E-state index is 12.3. The topological polar surface area (TPSA) is 66.9 Å². The van der Waals surface area contributed by atoms with Gasteiger partial charge in [0.2, 0.25) is 0 Å². The molecule has 25 heavy (non-hydrogen) atoms. The van der Waals surface area contributed by atoms with Crippen LogP contribution in [0.15, 0.2) is 67.3 Å². The van der Waals surface area contributed by atoms with Gasteiger partial charge in [-0.1, -0.05) is 24.3 Å². The fraction of sp³-hybridized carbons (Fsp3) is 0.150. The van der Waals surface area contributed by atoms with Gasteiger partial charge >= 0.3 is 0 Å². The fourth-order valence-electron chi connectivity index (χ4n) is 2.45. The van der Waals surface area contributed by atoms with Crippen molar-refractivity contribution in [2.24, 2.45) is 0 Å². The number of carbonyl (C=O) groups excluding carboxylic acids is 1. The summed E-state index contributed by atoms with van der Waals surface area (Å²) in [5.74, 6) is -0.149. The molecule has 2 aromatic heterocycles. The van der Waals surface area contributed by atoms with Gasteiger partial charge in [0, 0.05) is 37.9 Å². The third kappa shape index (κ3) is 4.64. The van der Waals surface area contributed by atoms with Crippen LogP contribution >= 0.6 is 0 Å². The number of nitrogens with one attached hydrogen (secondary N) is 2. The summed E-state index contributed by atoms with van der Waals surface area (Å²) in [4.78, 5) is 20.4. The van der Waals surface area contributed by atoms with E-state index >= 15 is 0 Å². The van der Waals surface area contributed by atoms with Crippen molar-refractivity contribution >= 4 is 11.6 Å². The van der Waals surface area contributed by atoms with Crippen LogP contribution in [-0.4, -0.2) is 15.9 Å². The molecule has 0 radical (unpaired) electrons. The molecule has 2 N–H and O–H groups in total. The second kappa shape index (κ2) is 8.06. The molecule has 0 saturated carbocycles. The number of carbonyl (C=O) groups is 1. The van der Waals surface area contributed by atoms with E-state index in [1.54, 1.807) is 24.8 Å². The third-order valence-electron chi connectivity index (χ3n) is 3.95. The summed E-state index contributed by atoms with van der Waals surface area (Å²) in [7, 11) is 0. The van der Waals surface area contributed by atoms with Crippen LogP contribution in [0, 0.1) is 6.92 Å². The highest BCUT2D eigenvalue weighted by Crippen LogP contribution is 2.13. The number of amides is 1. The number of aryl methyl sites for hydroxylation is 1. The Morgan fingerprint density at radius 3 is 2.60 bits per heavy atom. The summed E-state index contributed by atoms with van der Waals surface area (Å²) in [6.07, 6.45) is 6.71. The van der Waals surface area contributed by atoms with Gasteiger partial charge in [-0.2, -0.15) is 0 Å². The second-order valence-corrected chi connectivity index (χ2v) is 5.78. The van der Waals surface area contributed by atoms with Crippen molar-refractivity contribution in [2.45, 2.75) is 20.0 Å². The molecule has 3 aromatic rings. The van der Waals surface area contributed by atoms with Crippen LogP contribution in [0.25, 0.3) is 0 Å². The molecule has 0 aliphatic carbocycles. The van der Waals surface area contributed by atoms with Crippen molar-refractivity contribution in [3.8, 4) is 0 Å². The van der Waals surface area contributed by atoms with Gasteiger partial charge in [0.15, 0.2) is 0 Å². The molecule has 0 saturated heterocycles. The average Bonchev–Trinajstić information content (AvgIpc) is 2.66. The zero-order chi connectivity index (χ0) is 17.5. The van der Waals surface area contributed by atoms with Gasteiger partial charge in [-0.05, 0) is 41.8 Å². The molecule has 5 nitrogen and oxygen atoms in total. The smallest absolute Gasteiger partial charge is 0.253 e. The Balaban J connectivity index is 1.61. The van der Waals surface area contributed by atoms with Gasteiger partial charge in [-0.25, -0.2) is 0 Å². The SMILES string of the molecule is Cc1ccccc1CNc1cncc(C(=O)NCc2ccncc2)c1. The molecular formula is C20H20N4O. The summed E-state index contributed by atoms with van der Waals surface area (Å²) in [6.45, 7) is 3.23. The molecule has 0 bridgehead atoms. The largest absolute Gasteiger partial charge is 0.380 e. The lowest BCUT2D eigenvalue weighted by atomic mass is 10.1. The van der Waals surface area contributed by atoms with Crippen molar-refractivity contribution in [3.05, 3.63) is 89.5 Å². The first-order chi connectivity index (χ1) is 12.2. The van der Waals surface area contributed by atoms with Crippen LogP contribution in [0.1, 0.15) is 27.0 Å². The molecular weight excluding hydrogens is 312 g/mol. The molecule has 0 spiro atoms. The standard InChI is InChI=1S/C20H20N4O/c1-15-4-2-3-5-17(15)13-23-19-10-18(12-22-14-19)20(25)24-11-16-6-8-21-9-7-16/h2-10,12,14,23H,11,13H2,1H3,(H,24,25). The lowest BCUT2D eigenvalue weighted by Gasteiger charge is -2.10. The Labute approximate surface area is 147 Å². The third-order valence-corrected chi connectivity index (χ3v) is 3.95. The first-order valence-electron chi connectivity index (χ1n) is 8.13. The molecule has 1 amide bonds. The van der Waals surface area contributed by atoms with E-state index in [1.165, 1.54) is 11.1 Å². The summed E-state index contributed by atoms with van der Waals surface area (Å²) in [5, 5.41) is 6.21. The molecule has 0 aliphatic rings. The lowest BCUT2D eigenvalue weighted by molar-refractivity contribution is 0.0950. The first-order valence-corrected chi connectivity index (χ1v) is 8.13. The van der Waals surface area contributed by atoms with Crippen LogP contribution in [-0.2, 0) is 13.1 Å². The quantitative estimate of drug-likeness (QED) is 0.726. The van der Waals surface area contributed by atoms with E-state index in [0.29, 0.717) is 18.7 Å². The summed E-state index contributed by atoms with van der Waals surface area (Å²) in [5.41, 5.74) is 4.80. The Bertz CT molecular complexity index is 849. The lowest BCUT2D eigenvalue weighted by Crippen LogP contribution is -2.23. The molecule has 3 rings (SSSR count). The first kappa shape index (κ1) is 16.6. The van der Waals surface area contributed by atoms with Crippen molar-refractivity contribution in [3.63, 3.8) is 0 Å². The van der Waals surface area contributed by atoms with Gasteiger partial charge in [0.05, 0.1) is 11.3 Å². The van der Waals surface area contributed by atoms with Crippen molar-refractivity contribution in [2.75, 3.05) is 5.32 Å². The monoisotopic (exact) mass is 332 g/mol.